The van der Waals surface area contributed by atoms with Gasteiger partial charge in [-0.05, 0) is 25.1 Å². The number of rotatable bonds is 1. The van der Waals surface area contributed by atoms with E-state index >= 15 is 0 Å². The van der Waals surface area contributed by atoms with E-state index in [1.807, 2.05) is 31.2 Å². The lowest BCUT2D eigenvalue weighted by molar-refractivity contribution is 0.629. The highest BCUT2D eigenvalue weighted by Gasteiger charge is 2.08. The van der Waals surface area contributed by atoms with Crippen LogP contribution in [0.3, 0.4) is 0 Å². The van der Waals surface area contributed by atoms with E-state index in [1.54, 1.807) is 6.07 Å². The molecule has 0 aliphatic rings. The van der Waals surface area contributed by atoms with Gasteiger partial charge in [0.15, 0.2) is 5.82 Å². The number of nitrogens with zero attached hydrogens (tertiary/aromatic N) is 2. The van der Waals surface area contributed by atoms with E-state index in [2.05, 4.69) is 9.97 Å². The maximum atomic E-state index is 13.2. The highest BCUT2D eigenvalue weighted by molar-refractivity contribution is 5.89. The molecule has 0 aliphatic carbocycles. The fourth-order valence-corrected chi connectivity index (χ4v) is 1.96. The van der Waals surface area contributed by atoms with Crippen molar-refractivity contribution in [2.45, 2.75) is 6.92 Å². The molecule has 0 spiro atoms. The average Bonchev–Trinajstić information content (AvgIpc) is 2.40. The summed E-state index contributed by atoms with van der Waals surface area (Å²) in [7, 11) is 0. The molecule has 2 N–H and O–H groups in total. The molecule has 4 heteroatoms. The minimum absolute atomic E-state index is 0.292. The summed E-state index contributed by atoms with van der Waals surface area (Å²) in [4.78, 5) is 8.66. The number of anilines is 1. The van der Waals surface area contributed by atoms with Gasteiger partial charge in [0.05, 0.1) is 5.52 Å². The number of nitrogens with two attached hydrogens (primary N) is 1. The summed E-state index contributed by atoms with van der Waals surface area (Å²) in [5.74, 6) is 0.502. The van der Waals surface area contributed by atoms with Crippen LogP contribution in [0.4, 0.5) is 10.2 Å². The van der Waals surface area contributed by atoms with Crippen molar-refractivity contribution in [1.82, 2.24) is 9.97 Å². The van der Waals surface area contributed by atoms with Gasteiger partial charge in [-0.3, -0.25) is 0 Å². The van der Waals surface area contributed by atoms with Crippen LogP contribution in [0.2, 0.25) is 0 Å². The predicted octanol–water partition coefficient (Wildman–Crippen LogP) is 3.33. The molecule has 2 aromatic carbocycles. The summed E-state index contributed by atoms with van der Waals surface area (Å²) in [6.07, 6.45) is 0. The SMILES string of the molecule is Cc1ccc(-c2nc(N)c3cc(F)ccc3n2)cc1. The Labute approximate surface area is 109 Å². The topological polar surface area (TPSA) is 51.8 Å². The molecule has 94 valence electrons. The monoisotopic (exact) mass is 253 g/mol. The smallest absolute Gasteiger partial charge is 0.162 e. The van der Waals surface area contributed by atoms with Gasteiger partial charge in [0.1, 0.15) is 11.6 Å². The van der Waals surface area contributed by atoms with Gasteiger partial charge < -0.3 is 5.73 Å². The van der Waals surface area contributed by atoms with E-state index < -0.39 is 0 Å². The Bertz CT molecular complexity index is 751. The third-order valence-corrected chi connectivity index (χ3v) is 3.00. The van der Waals surface area contributed by atoms with Crippen molar-refractivity contribution in [1.29, 1.82) is 0 Å². The Morgan fingerprint density at radius 3 is 2.47 bits per heavy atom. The molecule has 0 radical (unpaired) electrons. The van der Waals surface area contributed by atoms with E-state index in [9.17, 15) is 4.39 Å². The number of aromatic nitrogens is 2. The molecule has 0 unspecified atom stereocenters. The summed E-state index contributed by atoms with van der Waals surface area (Å²) in [6, 6.07) is 12.2. The first kappa shape index (κ1) is 11.6. The molecule has 0 fully saturated rings. The fraction of sp³-hybridized carbons (Fsp3) is 0.0667. The maximum absolute atomic E-state index is 13.2. The molecule has 3 aromatic rings. The molecule has 0 amide bonds. The second-order valence-electron chi connectivity index (χ2n) is 4.46. The van der Waals surface area contributed by atoms with Crippen LogP contribution in [-0.4, -0.2) is 9.97 Å². The molecule has 0 bridgehead atoms. The van der Waals surface area contributed by atoms with Crippen molar-refractivity contribution >= 4 is 16.7 Å². The Hall–Kier alpha value is -2.49. The van der Waals surface area contributed by atoms with Crippen molar-refractivity contribution in [2.75, 3.05) is 5.73 Å². The zero-order valence-electron chi connectivity index (χ0n) is 10.4. The molecular formula is C15H12FN3. The third kappa shape index (κ3) is 2.12. The number of halogens is 1. The second-order valence-corrected chi connectivity index (χ2v) is 4.46. The standard InChI is InChI=1S/C15H12FN3/c1-9-2-4-10(5-3-9)15-18-13-7-6-11(16)8-12(13)14(17)19-15/h2-8H,1H3,(H2,17,18,19). The van der Waals surface area contributed by atoms with Crippen LogP contribution in [0.25, 0.3) is 22.3 Å². The highest BCUT2D eigenvalue weighted by Crippen LogP contribution is 2.23. The van der Waals surface area contributed by atoms with Gasteiger partial charge in [0.25, 0.3) is 0 Å². The lowest BCUT2D eigenvalue weighted by atomic mass is 10.1. The lowest BCUT2D eigenvalue weighted by Crippen LogP contribution is -1.98. The molecular weight excluding hydrogens is 241 g/mol. The molecule has 19 heavy (non-hydrogen) atoms. The molecule has 3 nitrogen and oxygen atoms in total. The van der Waals surface area contributed by atoms with Crippen LogP contribution in [0.1, 0.15) is 5.56 Å². The van der Waals surface area contributed by atoms with Crippen molar-refractivity contribution in [3.63, 3.8) is 0 Å². The van der Waals surface area contributed by atoms with Gasteiger partial charge in [-0.15, -0.1) is 0 Å². The molecule has 0 saturated carbocycles. The number of aryl methyl sites for hydroxylation is 1. The van der Waals surface area contributed by atoms with E-state index in [4.69, 9.17) is 5.73 Å². The summed E-state index contributed by atoms with van der Waals surface area (Å²) in [5, 5.41) is 0.538. The number of hydrogen-bond donors (Lipinski definition) is 1. The van der Waals surface area contributed by atoms with Crippen molar-refractivity contribution in [2.24, 2.45) is 0 Å². The van der Waals surface area contributed by atoms with Crippen molar-refractivity contribution < 1.29 is 4.39 Å². The third-order valence-electron chi connectivity index (χ3n) is 3.00. The van der Waals surface area contributed by atoms with Gasteiger partial charge in [-0.2, -0.15) is 0 Å². The zero-order chi connectivity index (χ0) is 13.4. The first-order chi connectivity index (χ1) is 9.13. The van der Waals surface area contributed by atoms with Crippen LogP contribution in [0, 0.1) is 12.7 Å². The van der Waals surface area contributed by atoms with Gasteiger partial charge >= 0.3 is 0 Å². The van der Waals surface area contributed by atoms with E-state index in [-0.39, 0.29) is 5.82 Å². The van der Waals surface area contributed by atoms with Crippen LogP contribution in [0.15, 0.2) is 42.5 Å². The van der Waals surface area contributed by atoms with Gasteiger partial charge in [-0.1, -0.05) is 29.8 Å². The van der Waals surface area contributed by atoms with Crippen LogP contribution >= 0.6 is 0 Å². The van der Waals surface area contributed by atoms with E-state index in [1.165, 1.54) is 17.7 Å². The Balaban J connectivity index is 2.20. The summed E-state index contributed by atoms with van der Waals surface area (Å²) in [5.41, 5.74) is 8.58. The van der Waals surface area contributed by atoms with Gasteiger partial charge in [0, 0.05) is 10.9 Å². The predicted molar refractivity (Wildman–Crippen MR) is 74.1 cm³/mol. The molecule has 0 aliphatic heterocycles. The number of benzene rings is 2. The maximum Gasteiger partial charge on any atom is 0.162 e. The Morgan fingerprint density at radius 1 is 1.00 bits per heavy atom. The normalized spacial score (nSPS) is 10.8. The van der Waals surface area contributed by atoms with E-state index in [0.29, 0.717) is 22.5 Å². The van der Waals surface area contributed by atoms with E-state index in [0.717, 1.165) is 5.56 Å². The second kappa shape index (κ2) is 4.31. The number of nitrogen functional groups attached to an aromatic ring is 1. The summed E-state index contributed by atoms with van der Waals surface area (Å²) < 4.78 is 13.2. The number of hydrogen-bond acceptors (Lipinski definition) is 3. The Kier molecular flexibility index (Phi) is 2.63. The molecule has 1 aromatic heterocycles. The average molecular weight is 253 g/mol. The molecule has 0 saturated heterocycles. The van der Waals surface area contributed by atoms with Crippen LogP contribution in [-0.2, 0) is 0 Å². The lowest BCUT2D eigenvalue weighted by Gasteiger charge is -2.06. The molecule has 1 heterocycles. The fourth-order valence-electron chi connectivity index (χ4n) is 1.96. The quantitative estimate of drug-likeness (QED) is 0.723. The first-order valence-electron chi connectivity index (χ1n) is 5.93. The largest absolute Gasteiger partial charge is 0.383 e. The highest BCUT2D eigenvalue weighted by atomic mass is 19.1. The van der Waals surface area contributed by atoms with Gasteiger partial charge in [0.2, 0.25) is 0 Å². The van der Waals surface area contributed by atoms with Crippen molar-refractivity contribution in [3.8, 4) is 11.4 Å². The summed E-state index contributed by atoms with van der Waals surface area (Å²) in [6.45, 7) is 2.02. The molecule has 3 rings (SSSR count). The molecule has 0 atom stereocenters. The zero-order valence-corrected chi connectivity index (χ0v) is 10.4. The Morgan fingerprint density at radius 2 is 1.74 bits per heavy atom. The van der Waals surface area contributed by atoms with Crippen LogP contribution in [0.5, 0.6) is 0 Å². The summed E-state index contributed by atoms with van der Waals surface area (Å²) >= 11 is 0. The minimum atomic E-state index is -0.342. The first-order valence-corrected chi connectivity index (χ1v) is 5.93. The van der Waals surface area contributed by atoms with Gasteiger partial charge in [-0.25, -0.2) is 14.4 Å². The van der Waals surface area contributed by atoms with Crippen LogP contribution < -0.4 is 5.73 Å². The van der Waals surface area contributed by atoms with Crippen molar-refractivity contribution in [3.05, 3.63) is 53.8 Å². The minimum Gasteiger partial charge on any atom is -0.383 e. The number of fused-ring (bicyclic) bond motifs is 1.